The molecule has 0 amide bonds. The molecule has 0 spiro atoms. The predicted octanol–water partition coefficient (Wildman–Crippen LogP) is 7.39. The molecule has 2 aromatic rings. The largest absolute Gasteiger partial charge is 0.488 e. The molecule has 5 rings (SSSR count). The van der Waals surface area contributed by atoms with Crippen molar-refractivity contribution < 1.29 is 23.5 Å². The molecule has 0 N–H and O–H groups in total. The molecule has 212 valence electrons. The average molecular weight is 566 g/mol. The summed E-state index contributed by atoms with van der Waals surface area (Å²) in [6, 6.07) is 11.7. The molecule has 7 heteroatoms. The van der Waals surface area contributed by atoms with E-state index in [4.69, 9.17) is 21.1 Å². The van der Waals surface area contributed by atoms with Gasteiger partial charge in [-0.05, 0) is 47.9 Å². The normalized spacial score (nSPS) is 20.5. The number of allylic oxidation sites excluding steroid dienone is 4. The summed E-state index contributed by atoms with van der Waals surface area (Å²) in [5.74, 6) is -0.415. The molecule has 1 aliphatic heterocycles. The van der Waals surface area contributed by atoms with Crippen LogP contribution in [-0.2, 0) is 20.9 Å². The van der Waals surface area contributed by atoms with Crippen LogP contribution in [0.2, 0.25) is 5.02 Å². The van der Waals surface area contributed by atoms with Crippen molar-refractivity contribution in [3.8, 4) is 5.75 Å². The van der Waals surface area contributed by atoms with Crippen LogP contribution in [0.1, 0.15) is 70.4 Å². The van der Waals surface area contributed by atoms with Crippen molar-refractivity contribution in [3.63, 3.8) is 0 Å². The molecule has 40 heavy (non-hydrogen) atoms. The Morgan fingerprint density at radius 1 is 0.925 bits per heavy atom. The first-order valence-corrected chi connectivity index (χ1v) is 14.2. The summed E-state index contributed by atoms with van der Waals surface area (Å²) < 4.78 is 26.1. The van der Waals surface area contributed by atoms with Crippen LogP contribution in [0.15, 0.2) is 65.0 Å². The van der Waals surface area contributed by atoms with Crippen LogP contribution in [0.5, 0.6) is 5.75 Å². The average Bonchev–Trinajstić information content (AvgIpc) is 2.86. The summed E-state index contributed by atoms with van der Waals surface area (Å²) in [6.07, 6.45) is 2.17. The molecule has 0 fully saturated rings. The van der Waals surface area contributed by atoms with Gasteiger partial charge in [0.15, 0.2) is 11.6 Å². The minimum absolute atomic E-state index is 0.00769. The van der Waals surface area contributed by atoms with Gasteiger partial charge in [-0.3, -0.25) is 9.59 Å². The molecule has 0 saturated carbocycles. The molecule has 1 heterocycles. The molecule has 0 atom stereocenters. The number of carbonyl (C=O) groups excluding carboxylic acids is 2. The summed E-state index contributed by atoms with van der Waals surface area (Å²) in [6.45, 7) is 9.48. The fourth-order valence-electron chi connectivity index (χ4n) is 6.46. The number of hydrogen-bond donors (Lipinski definition) is 0. The van der Waals surface area contributed by atoms with Crippen molar-refractivity contribution >= 4 is 23.2 Å². The molecule has 2 aromatic carbocycles. The Morgan fingerprint density at radius 2 is 1.52 bits per heavy atom. The summed E-state index contributed by atoms with van der Waals surface area (Å²) in [4.78, 5) is 30.2. The minimum atomic E-state index is -0.606. The van der Waals surface area contributed by atoms with E-state index in [9.17, 15) is 14.0 Å². The van der Waals surface area contributed by atoms with Crippen LogP contribution in [0.25, 0.3) is 0 Å². The smallest absolute Gasteiger partial charge is 0.162 e. The van der Waals surface area contributed by atoms with Crippen LogP contribution in [0.4, 0.5) is 4.39 Å². The fraction of sp³-hybridized carbons (Fsp3) is 0.455. The number of methoxy groups -OCH3 is 1. The number of hydrogen-bond acceptors (Lipinski definition) is 5. The summed E-state index contributed by atoms with van der Waals surface area (Å²) >= 11 is 6.54. The highest BCUT2D eigenvalue weighted by molar-refractivity contribution is 6.30. The van der Waals surface area contributed by atoms with E-state index in [1.807, 2.05) is 0 Å². The topological polar surface area (TPSA) is 55.8 Å². The van der Waals surface area contributed by atoms with Gasteiger partial charge >= 0.3 is 0 Å². The zero-order chi connectivity index (χ0) is 28.8. The summed E-state index contributed by atoms with van der Waals surface area (Å²) in [7, 11) is 1.66. The Morgan fingerprint density at radius 3 is 2.10 bits per heavy atom. The maximum absolute atomic E-state index is 14.4. The maximum Gasteiger partial charge on any atom is 0.162 e. The van der Waals surface area contributed by atoms with E-state index in [1.165, 1.54) is 6.07 Å². The van der Waals surface area contributed by atoms with Crippen LogP contribution >= 0.6 is 11.6 Å². The lowest BCUT2D eigenvalue weighted by Crippen LogP contribution is -2.45. The molecular formula is C33H37ClFNO4. The van der Waals surface area contributed by atoms with E-state index in [0.29, 0.717) is 71.9 Å². The molecule has 0 bridgehead atoms. The number of nitrogens with zero attached hydrogens (tertiary/aromatic N) is 1. The van der Waals surface area contributed by atoms with Crippen molar-refractivity contribution in [2.45, 2.75) is 65.9 Å². The van der Waals surface area contributed by atoms with Gasteiger partial charge in [0.2, 0.25) is 0 Å². The molecule has 0 radical (unpaired) electrons. The van der Waals surface area contributed by atoms with Crippen molar-refractivity contribution in [1.29, 1.82) is 0 Å². The molecule has 0 unspecified atom stereocenters. The Labute approximate surface area is 241 Å². The van der Waals surface area contributed by atoms with Crippen LogP contribution in [-0.4, -0.2) is 36.7 Å². The molecular weight excluding hydrogens is 529 g/mol. The Balaban J connectivity index is 1.71. The van der Waals surface area contributed by atoms with Gasteiger partial charge in [0.1, 0.15) is 18.2 Å². The fourth-order valence-corrected chi connectivity index (χ4v) is 6.64. The highest BCUT2D eigenvalue weighted by Gasteiger charge is 2.49. The molecule has 2 aliphatic carbocycles. The van der Waals surface area contributed by atoms with Gasteiger partial charge in [-0.1, -0.05) is 57.5 Å². The van der Waals surface area contributed by atoms with Crippen molar-refractivity contribution in [2.75, 3.05) is 20.3 Å². The van der Waals surface area contributed by atoms with E-state index in [-0.39, 0.29) is 34.8 Å². The molecule has 0 saturated heterocycles. The van der Waals surface area contributed by atoms with Gasteiger partial charge in [0.25, 0.3) is 0 Å². The van der Waals surface area contributed by atoms with E-state index in [2.05, 4.69) is 32.6 Å². The second-order valence-electron chi connectivity index (χ2n) is 12.7. The Kier molecular flexibility index (Phi) is 7.71. The zero-order valence-electron chi connectivity index (χ0n) is 23.9. The molecule has 5 nitrogen and oxygen atoms in total. The number of halogens is 2. The lowest BCUT2D eigenvalue weighted by atomic mass is 9.63. The Bertz CT molecular complexity index is 1370. The van der Waals surface area contributed by atoms with Crippen LogP contribution in [0.3, 0.4) is 0 Å². The predicted molar refractivity (Wildman–Crippen MR) is 154 cm³/mol. The molecule has 3 aliphatic rings. The van der Waals surface area contributed by atoms with Crippen LogP contribution in [0, 0.1) is 16.6 Å². The lowest BCUT2D eigenvalue weighted by Gasteiger charge is -2.49. The first-order valence-electron chi connectivity index (χ1n) is 13.9. The quantitative estimate of drug-likeness (QED) is 0.350. The minimum Gasteiger partial charge on any atom is -0.488 e. The Hall–Kier alpha value is -2.96. The first kappa shape index (κ1) is 28.6. The van der Waals surface area contributed by atoms with Gasteiger partial charge in [-0.2, -0.15) is 0 Å². The van der Waals surface area contributed by atoms with E-state index in [0.717, 1.165) is 11.4 Å². The summed E-state index contributed by atoms with van der Waals surface area (Å²) in [5, 5.41) is 0.478. The van der Waals surface area contributed by atoms with E-state index >= 15 is 0 Å². The van der Waals surface area contributed by atoms with E-state index < -0.39 is 5.92 Å². The van der Waals surface area contributed by atoms with Gasteiger partial charge in [0.05, 0.1) is 6.61 Å². The van der Waals surface area contributed by atoms with Gasteiger partial charge in [0, 0.05) is 71.1 Å². The van der Waals surface area contributed by atoms with Crippen molar-refractivity contribution in [2.24, 2.45) is 10.8 Å². The van der Waals surface area contributed by atoms with Crippen molar-refractivity contribution in [1.82, 2.24) is 4.90 Å². The number of ketones is 2. The number of rotatable bonds is 7. The monoisotopic (exact) mass is 565 g/mol. The second kappa shape index (κ2) is 10.8. The standard InChI is InChI=1S/C33H37ClFNO4/c1-32(2)15-24-30(26(37)17-32)29(31-25(36(24)12-13-39-5)16-33(3,4)18-27(31)38)22-14-21(34)10-11-28(22)40-19-20-8-6-7-9-23(20)35/h6-11,14,29H,12-13,15-19H2,1-5H3. The lowest BCUT2D eigenvalue weighted by molar-refractivity contribution is -0.119. The number of benzene rings is 2. The third-order valence-corrected chi connectivity index (χ3v) is 8.40. The number of carbonyl (C=O) groups is 2. The first-order chi connectivity index (χ1) is 18.9. The highest BCUT2D eigenvalue weighted by atomic mass is 35.5. The van der Waals surface area contributed by atoms with Crippen LogP contribution < -0.4 is 4.74 Å². The maximum atomic E-state index is 14.4. The third kappa shape index (κ3) is 5.48. The number of ether oxygens (including phenoxy) is 2. The second-order valence-corrected chi connectivity index (χ2v) is 13.2. The van der Waals surface area contributed by atoms with Gasteiger partial charge in [-0.15, -0.1) is 0 Å². The van der Waals surface area contributed by atoms with Crippen molar-refractivity contribution in [3.05, 3.63) is 87.0 Å². The van der Waals surface area contributed by atoms with Gasteiger partial charge in [-0.25, -0.2) is 4.39 Å². The number of Topliss-reactive ketones (excluding diaryl/α,β-unsaturated/α-hetero) is 2. The highest BCUT2D eigenvalue weighted by Crippen LogP contribution is 2.55. The zero-order valence-corrected chi connectivity index (χ0v) is 24.7. The van der Waals surface area contributed by atoms with Gasteiger partial charge < -0.3 is 14.4 Å². The van der Waals surface area contributed by atoms with E-state index in [1.54, 1.807) is 43.5 Å². The SMILES string of the molecule is COCCN1C2=C(C(=O)CC(C)(C)C2)C(c2cc(Cl)ccc2OCc2ccccc2F)C2=C1CC(C)(C)CC2=O. The third-order valence-electron chi connectivity index (χ3n) is 8.16. The summed E-state index contributed by atoms with van der Waals surface area (Å²) in [5.41, 5.74) is 3.81. The molecule has 0 aromatic heterocycles.